The van der Waals surface area contributed by atoms with Gasteiger partial charge in [-0.15, -0.1) is 0 Å². The summed E-state index contributed by atoms with van der Waals surface area (Å²) in [6.07, 6.45) is 1.05. The number of carbonyl (C=O) groups excluding carboxylic acids is 1. The minimum Gasteiger partial charge on any atom is -0.504 e. The number of hydrogen-bond acceptors (Lipinski definition) is 7. The molecular weight excluding hydrogens is 401 g/mol. The average molecular weight is 414 g/mol. The van der Waals surface area contributed by atoms with Gasteiger partial charge in [-0.3, -0.25) is 14.9 Å². The Morgan fingerprint density at radius 3 is 2.78 bits per heavy atom. The SMILES string of the molecule is COc1c(O)ccc(/C=N/NC(=O)COc2cc(Cl)ccc2Cl)c1[N+](=O)[O-]. The lowest BCUT2D eigenvalue weighted by atomic mass is 10.1. The standard InChI is InChI=1S/C16H13Cl2N3O6/c1-26-16-12(22)5-2-9(15(16)21(24)25)7-19-20-14(23)8-27-13-6-10(17)3-4-11(13)18/h2-7,22H,8H2,1H3,(H,20,23)/b19-7+. The van der Waals surface area contributed by atoms with Crippen molar-refractivity contribution >= 4 is 41.0 Å². The highest BCUT2D eigenvalue weighted by Gasteiger charge is 2.23. The van der Waals surface area contributed by atoms with Gasteiger partial charge in [-0.05, 0) is 24.3 Å². The second-order valence-electron chi connectivity index (χ2n) is 4.97. The predicted molar refractivity (Wildman–Crippen MR) is 99.0 cm³/mol. The van der Waals surface area contributed by atoms with Crippen LogP contribution in [-0.2, 0) is 4.79 Å². The van der Waals surface area contributed by atoms with E-state index in [2.05, 4.69) is 10.5 Å². The highest BCUT2D eigenvalue weighted by atomic mass is 35.5. The average Bonchev–Trinajstić information content (AvgIpc) is 2.63. The van der Waals surface area contributed by atoms with Crippen LogP contribution in [0.15, 0.2) is 35.4 Å². The fraction of sp³-hybridized carbons (Fsp3) is 0.125. The summed E-state index contributed by atoms with van der Waals surface area (Å²) in [6.45, 7) is -0.404. The number of nitro groups is 1. The van der Waals surface area contributed by atoms with Crippen LogP contribution in [0.2, 0.25) is 10.0 Å². The summed E-state index contributed by atoms with van der Waals surface area (Å²) in [7, 11) is 1.18. The number of amides is 1. The molecule has 2 aromatic rings. The number of ether oxygens (including phenoxy) is 2. The quantitative estimate of drug-likeness (QED) is 0.408. The Labute approximate surface area is 163 Å². The second-order valence-corrected chi connectivity index (χ2v) is 5.81. The number of nitro benzene ring substituents is 1. The van der Waals surface area contributed by atoms with Gasteiger partial charge >= 0.3 is 5.69 Å². The van der Waals surface area contributed by atoms with E-state index in [1.807, 2.05) is 0 Å². The molecule has 0 fully saturated rings. The summed E-state index contributed by atoms with van der Waals surface area (Å²) in [6, 6.07) is 7.01. The summed E-state index contributed by atoms with van der Waals surface area (Å²) < 4.78 is 10.1. The number of nitrogens with one attached hydrogen (secondary N) is 1. The Balaban J connectivity index is 2.04. The van der Waals surface area contributed by atoms with Crippen molar-refractivity contribution in [3.8, 4) is 17.2 Å². The van der Waals surface area contributed by atoms with Crippen LogP contribution in [0.1, 0.15) is 5.56 Å². The molecule has 0 heterocycles. The second kappa shape index (κ2) is 9.06. The number of phenols is 1. The van der Waals surface area contributed by atoms with E-state index in [9.17, 15) is 20.0 Å². The number of carbonyl (C=O) groups is 1. The molecule has 0 atom stereocenters. The van der Waals surface area contributed by atoms with Gasteiger partial charge in [-0.25, -0.2) is 5.43 Å². The van der Waals surface area contributed by atoms with Crippen molar-refractivity contribution in [2.24, 2.45) is 5.10 Å². The van der Waals surface area contributed by atoms with Gasteiger partial charge in [0.2, 0.25) is 5.75 Å². The molecule has 0 aliphatic carbocycles. The minimum absolute atomic E-state index is 0.0220. The minimum atomic E-state index is -0.730. The lowest BCUT2D eigenvalue weighted by Crippen LogP contribution is -2.24. The van der Waals surface area contributed by atoms with Gasteiger partial charge in [-0.2, -0.15) is 5.10 Å². The molecule has 0 radical (unpaired) electrons. The van der Waals surface area contributed by atoms with Crippen molar-refractivity contribution in [3.63, 3.8) is 0 Å². The fourth-order valence-corrected chi connectivity index (χ4v) is 2.34. The molecule has 0 spiro atoms. The molecule has 0 aliphatic heterocycles. The van der Waals surface area contributed by atoms with Gasteiger partial charge in [0.1, 0.15) is 5.75 Å². The number of benzene rings is 2. The number of hydrogen-bond donors (Lipinski definition) is 2. The molecule has 11 heteroatoms. The number of methoxy groups -OCH3 is 1. The number of nitrogens with zero attached hydrogens (tertiary/aromatic N) is 2. The van der Waals surface area contributed by atoms with Gasteiger partial charge < -0.3 is 14.6 Å². The normalized spacial score (nSPS) is 10.6. The Morgan fingerprint density at radius 2 is 2.11 bits per heavy atom. The molecule has 142 valence electrons. The first kappa shape index (κ1) is 20.3. The van der Waals surface area contributed by atoms with Crippen LogP contribution in [0.4, 0.5) is 5.69 Å². The molecule has 1 amide bonds. The van der Waals surface area contributed by atoms with Crippen molar-refractivity contribution < 1.29 is 24.3 Å². The third kappa shape index (κ3) is 5.22. The summed E-state index contributed by atoms with van der Waals surface area (Å²) >= 11 is 11.7. The maximum Gasteiger partial charge on any atom is 0.323 e. The molecule has 2 aromatic carbocycles. The van der Waals surface area contributed by atoms with E-state index in [1.54, 1.807) is 6.07 Å². The van der Waals surface area contributed by atoms with E-state index in [0.29, 0.717) is 5.02 Å². The zero-order valence-electron chi connectivity index (χ0n) is 13.8. The Kier molecular flexibility index (Phi) is 6.80. The molecule has 0 aromatic heterocycles. The first-order chi connectivity index (χ1) is 12.8. The molecule has 0 unspecified atom stereocenters. The van der Waals surface area contributed by atoms with E-state index in [-0.39, 0.29) is 22.1 Å². The van der Waals surface area contributed by atoms with Gasteiger partial charge in [0, 0.05) is 11.1 Å². The summed E-state index contributed by atoms with van der Waals surface area (Å²) in [4.78, 5) is 22.2. The molecule has 2 N–H and O–H groups in total. The van der Waals surface area contributed by atoms with Gasteiger partial charge in [0.25, 0.3) is 5.91 Å². The zero-order valence-corrected chi connectivity index (χ0v) is 15.3. The summed E-state index contributed by atoms with van der Waals surface area (Å²) in [5.41, 5.74) is 1.69. The van der Waals surface area contributed by atoms with Crippen LogP contribution in [-0.4, -0.2) is 35.9 Å². The Hall–Kier alpha value is -3.04. The largest absolute Gasteiger partial charge is 0.504 e. The highest BCUT2D eigenvalue weighted by Crippen LogP contribution is 2.37. The van der Waals surface area contributed by atoms with Crippen LogP contribution in [0.25, 0.3) is 0 Å². The topological polar surface area (TPSA) is 123 Å². The van der Waals surface area contributed by atoms with Crippen molar-refractivity contribution in [1.29, 1.82) is 0 Å². The number of phenolic OH excluding ortho intramolecular Hbond substituents is 1. The predicted octanol–water partition coefficient (Wildman–Crippen LogP) is 3.14. The van der Waals surface area contributed by atoms with Crippen molar-refractivity contribution in [1.82, 2.24) is 5.43 Å². The number of aromatic hydroxyl groups is 1. The molecule has 2 rings (SSSR count). The van der Waals surface area contributed by atoms with Crippen molar-refractivity contribution in [2.75, 3.05) is 13.7 Å². The summed E-state index contributed by atoms with van der Waals surface area (Å²) in [5, 5.41) is 25.1. The fourth-order valence-electron chi connectivity index (χ4n) is 2.01. The number of rotatable bonds is 7. The van der Waals surface area contributed by atoms with Gasteiger partial charge in [-0.1, -0.05) is 23.2 Å². The molecule has 0 bridgehead atoms. The van der Waals surface area contributed by atoms with E-state index in [1.165, 1.54) is 31.4 Å². The first-order valence-electron chi connectivity index (χ1n) is 7.27. The zero-order chi connectivity index (χ0) is 20.0. The lowest BCUT2D eigenvalue weighted by molar-refractivity contribution is -0.386. The maximum absolute atomic E-state index is 11.8. The van der Waals surface area contributed by atoms with Gasteiger partial charge in [0.15, 0.2) is 12.4 Å². The van der Waals surface area contributed by atoms with Crippen LogP contribution >= 0.6 is 23.2 Å². The van der Waals surface area contributed by atoms with Crippen LogP contribution in [0.5, 0.6) is 17.2 Å². The number of halogens is 2. The van der Waals surface area contributed by atoms with Crippen LogP contribution < -0.4 is 14.9 Å². The van der Waals surface area contributed by atoms with E-state index >= 15 is 0 Å². The lowest BCUT2D eigenvalue weighted by Gasteiger charge is -2.07. The third-order valence-electron chi connectivity index (χ3n) is 3.17. The molecule has 0 saturated heterocycles. The van der Waals surface area contributed by atoms with Crippen LogP contribution in [0, 0.1) is 10.1 Å². The van der Waals surface area contributed by atoms with Crippen molar-refractivity contribution in [2.45, 2.75) is 0 Å². The summed E-state index contributed by atoms with van der Waals surface area (Å²) in [5.74, 6) is -1.11. The molecule has 0 saturated carbocycles. The molecular formula is C16H13Cl2N3O6. The van der Waals surface area contributed by atoms with E-state index in [4.69, 9.17) is 32.7 Å². The van der Waals surface area contributed by atoms with E-state index < -0.39 is 28.9 Å². The molecule has 27 heavy (non-hydrogen) atoms. The van der Waals surface area contributed by atoms with Crippen LogP contribution in [0.3, 0.4) is 0 Å². The monoisotopic (exact) mass is 413 g/mol. The maximum atomic E-state index is 11.8. The van der Waals surface area contributed by atoms with Crippen molar-refractivity contribution in [3.05, 3.63) is 56.1 Å². The smallest absolute Gasteiger partial charge is 0.323 e. The van der Waals surface area contributed by atoms with Gasteiger partial charge in [0.05, 0.1) is 28.8 Å². The molecule has 9 nitrogen and oxygen atoms in total. The Bertz CT molecular complexity index is 904. The molecule has 0 aliphatic rings. The van der Waals surface area contributed by atoms with E-state index in [0.717, 1.165) is 6.21 Å². The third-order valence-corrected chi connectivity index (χ3v) is 3.72. The number of hydrazone groups is 1. The Morgan fingerprint density at radius 1 is 1.37 bits per heavy atom. The first-order valence-corrected chi connectivity index (χ1v) is 8.03. The highest BCUT2D eigenvalue weighted by molar-refractivity contribution is 6.34.